The van der Waals surface area contributed by atoms with Crippen molar-refractivity contribution in [1.29, 1.82) is 0 Å². The van der Waals surface area contributed by atoms with Crippen molar-refractivity contribution in [3.8, 4) is 0 Å². The van der Waals surface area contributed by atoms with Gasteiger partial charge in [-0.3, -0.25) is 0 Å². The first-order valence-electron chi connectivity index (χ1n) is 7.17. The van der Waals surface area contributed by atoms with E-state index in [1.54, 1.807) is 0 Å². The molecule has 0 aliphatic heterocycles. The van der Waals surface area contributed by atoms with E-state index in [2.05, 4.69) is 48.5 Å². The second-order valence-corrected chi connectivity index (χ2v) is 5.20. The highest BCUT2D eigenvalue weighted by molar-refractivity contribution is 5.35. The van der Waals surface area contributed by atoms with E-state index in [1.807, 2.05) is 24.3 Å². The highest BCUT2D eigenvalue weighted by Gasteiger charge is 2.14. The monoisotopic (exact) mass is 276 g/mol. The first-order chi connectivity index (χ1) is 10.3. The van der Waals surface area contributed by atoms with Gasteiger partial charge >= 0.3 is 0 Å². The molecule has 0 nitrogen and oxygen atoms in total. The molecule has 3 aromatic rings. The highest BCUT2D eigenvalue weighted by Crippen LogP contribution is 2.28. The second-order valence-electron chi connectivity index (χ2n) is 5.20. The zero-order chi connectivity index (χ0) is 14.5. The number of rotatable bonds is 4. The van der Waals surface area contributed by atoms with Gasteiger partial charge in [-0.2, -0.15) is 0 Å². The van der Waals surface area contributed by atoms with Gasteiger partial charge in [-0.25, -0.2) is 4.39 Å². The number of benzene rings is 3. The van der Waals surface area contributed by atoms with Crippen LogP contribution in [0.15, 0.2) is 84.9 Å². The summed E-state index contributed by atoms with van der Waals surface area (Å²) in [5, 5.41) is 0. The van der Waals surface area contributed by atoms with Gasteiger partial charge in [0.1, 0.15) is 5.82 Å². The predicted molar refractivity (Wildman–Crippen MR) is 84.8 cm³/mol. The van der Waals surface area contributed by atoms with Crippen LogP contribution < -0.4 is 0 Å². The Hall–Kier alpha value is -2.41. The van der Waals surface area contributed by atoms with E-state index in [1.165, 1.54) is 23.3 Å². The van der Waals surface area contributed by atoms with Crippen molar-refractivity contribution in [3.63, 3.8) is 0 Å². The van der Waals surface area contributed by atoms with Crippen molar-refractivity contribution >= 4 is 0 Å². The molecule has 0 N–H and O–H groups in total. The maximum atomic E-state index is 13.1. The highest BCUT2D eigenvalue weighted by atomic mass is 19.1. The molecule has 3 rings (SSSR count). The molecular weight excluding hydrogens is 259 g/mol. The third kappa shape index (κ3) is 3.38. The molecule has 0 unspecified atom stereocenters. The van der Waals surface area contributed by atoms with Crippen molar-refractivity contribution in [3.05, 3.63) is 107 Å². The van der Waals surface area contributed by atoms with Crippen molar-refractivity contribution in [2.45, 2.75) is 12.3 Å². The molecule has 0 aromatic heterocycles. The van der Waals surface area contributed by atoms with E-state index < -0.39 is 0 Å². The van der Waals surface area contributed by atoms with Crippen molar-refractivity contribution in [2.24, 2.45) is 0 Å². The molecule has 0 heterocycles. The Balaban J connectivity index is 1.95. The molecule has 0 radical (unpaired) electrons. The summed E-state index contributed by atoms with van der Waals surface area (Å²) in [6.45, 7) is 0. The third-order valence-electron chi connectivity index (χ3n) is 3.76. The van der Waals surface area contributed by atoms with Crippen LogP contribution in [-0.4, -0.2) is 0 Å². The van der Waals surface area contributed by atoms with Gasteiger partial charge in [0, 0.05) is 5.92 Å². The lowest BCUT2D eigenvalue weighted by Crippen LogP contribution is -2.05. The summed E-state index contributed by atoms with van der Waals surface area (Å²) in [5.74, 6) is 0.104. The molecule has 0 aliphatic carbocycles. The summed E-state index contributed by atoms with van der Waals surface area (Å²) in [5.41, 5.74) is 3.72. The summed E-state index contributed by atoms with van der Waals surface area (Å²) < 4.78 is 13.1. The standard InChI is InChI=1S/C20H17F/c21-19-13-11-16(12-14-19)15-20(17-7-3-1-4-8-17)18-9-5-2-6-10-18/h1-14,20H,15H2. The second kappa shape index (κ2) is 6.36. The minimum atomic E-state index is -0.185. The van der Waals surface area contributed by atoms with Crippen LogP contribution >= 0.6 is 0 Å². The fourth-order valence-electron chi connectivity index (χ4n) is 2.66. The molecule has 0 saturated heterocycles. The lowest BCUT2D eigenvalue weighted by atomic mass is 9.86. The van der Waals surface area contributed by atoms with Crippen LogP contribution in [0, 0.1) is 5.82 Å². The number of hydrogen-bond donors (Lipinski definition) is 0. The molecule has 0 bridgehead atoms. The van der Waals surface area contributed by atoms with Gasteiger partial charge in [0.05, 0.1) is 0 Å². The molecule has 0 saturated carbocycles. The summed E-state index contributed by atoms with van der Waals surface area (Å²) in [4.78, 5) is 0. The van der Waals surface area contributed by atoms with Gasteiger partial charge in [0.2, 0.25) is 0 Å². The maximum absolute atomic E-state index is 13.1. The lowest BCUT2D eigenvalue weighted by molar-refractivity contribution is 0.626. The van der Waals surface area contributed by atoms with E-state index >= 15 is 0 Å². The van der Waals surface area contributed by atoms with E-state index in [0.717, 1.165) is 12.0 Å². The molecular formula is C20H17F. The average Bonchev–Trinajstić information content (AvgIpc) is 2.56. The average molecular weight is 276 g/mol. The number of hydrogen-bond acceptors (Lipinski definition) is 0. The Kier molecular flexibility index (Phi) is 4.11. The Morgan fingerprint density at radius 2 is 1.10 bits per heavy atom. The largest absolute Gasteiger partial charge is 0.207 e. The smallest absolute Gasteiger partial charge is 0.123 e. The van der Waals surface area contributed by atoms with E-state index in [0.29, 0.717) is 0 Å². The molecule has 21 heavy (non-hydrogen) atoms. The Morgan fingerprint density at radius 1 is 0.619 bits per heavy atom. The topological polar surface area (TPSA) is 0 Å². The SMILES string of the molecule is Fc1ccc(CC(c2ccccc2)c2ccccc2)cc1. The van der Waals surface area contributed by atoms with E-state index in [9.17, 15) is 4.39 Å². The van der Waals surface area contributed by atoms with Crippen molar-refractivity contribution < 1.29 is 4.39 Å². The third-order valence-corrected chi connectivity index (χ3v) is 3.76. The summed E-state index contributed by atoms with van der Waals surface area (Å²) >= 11 is 0. The zero-order valence-corrected chi connectivity index (χ0v) is 11.7. The molecule has 104 valence electrons. The molecule has 0 aliphatic rings. The predicted octanol–water partition coefficient (Wildman–Crippen LogP) is 5.20. The first kappa shape index (κ1) is 13.6. The molecule has 0 fully saturated rings. The molecule has 0 amide bonds. The van der Waals surface area contributed by atoms with Crippen LogP contribution in [-0.2, 0) is 6.42 Å². The molecule has 3 aromatic carbocycles. The summed E-state index contributed by atoms with van der Waals surface area (Å²) in [6, 6.07) is 27.7. The fourth-order valence-corrected chi connectivity index (χ4v) is 2.66. The fraction of sp³-hybridized carbons (Fsp3) is 0.100. The Labute approximate surface area is 124 Å². The van der Waals surface area contributed by atoms with Gasteiger partial charge in [-0.1, -0.05) is 72.8 Å². The Bertz CT molecular complexity index is 633. The number of halogens is 1. The van der Waals surface area contributed by atoms with Crippen LogP contribution in [0.1, 0.15) is 22.6 Å². The van der Waals surface area contributed by atoms with Crippen LogP contribution in [0.3, 0.4) is 0 Å². The minimum Gasteiger partial charge on any atom is -0.207 e. The van der Waals surface area contributed by atoms with E-state index in [4.69, 9.17) is 0 Å². The zero-order valence-electron chi connectivity index (χ0n) is 11.7. The van der Waals surface area contributed by atoms with Crippen molar-refractivity contribution in [2.75, 3.05) is 0 Å². The van der Waals surface area contributed by atoms with Gasteiger partial charge in [-0.05, 0) is 35.2 Å². The molecule has 0 atom stereocenters. The molecule has 0 spiro atoms. The maximum Gasteiger partial charge on any atom is 0.123 e. The quantitative estimate of drug-likeness (QED) is 0.614. The lowest BCUT2D eigenvalue weighted by Gasteiger charge is -2.18. The van der Waals surface area contributed by atoms with Crippen LogP contribution in [0.5, 0.6) is 0 Å². The Morgan fingerprint density at radius 3 is 1.57 bits per heavy atom. The van der Waals surface area contributed by atoms with Gasteiger partial charge in [0.15, 0.2) is 0 Å². The van der Waals surface area contributed by atoms with Gasteiger partial charge < -0.3 is 0 Å². The van der Waals surface area contributed by atoms with Crippen LogP contribution in [0.4, 0.5) is 4.39 Å². The van der Waals surface area contributed by atoms with Gasteiger partial charge in [-0.15, -0.1) is 0 Å². The van der Waals surface area contributed by atoms with Crippen LogP contribution in [0.25, 0.3) is 0 Å². The normalized spacial score (nSPS) is 10.8. The van der Waals surface area contributed by atoms with Gasteiger partial charge in [0.25, 0.3) is 0 Å². The minimum absolute atomic E-state index is 0.185. The van der Waals surface area contributed by atoms with E-state index in [-0.39, 0.29) is 11.7 Å². The van der Waals surface area contributed by atoms with Crippen molar-refractivity contribution in [1.82, 2.24) is 0 Å². The summed E-state index contributed by atoms with van der Waals surface area (Å²) in [6.07, 6.45) is 0.869. The first-order valence-corrected chi connectivity index (χ1v) is 7.17. The summed E-state index contributed by atoms with van der Waals surface area (Å²) in [7, 11) is 0. The van der Waals surface area contributed by atoms with Crippen LogP contribution in [0.2, 0.25) is 0 Å². The molecule has 1 heteroatoms.